The number of nitrogens with one attached hydrogen (secondary N) is 1. The van der Waals surface area contributed by atoms with E-state index in [-0.39, 0.29) is 24.9 Å². The lowest BCUT2D eigenvalue weighted by molar-refractivity contribution is 0.0940. The average molecular weight is 361 g/mol. The Morgan fingerprint density at radius 1 is 1.38 bits per heavy atom. The topological polar surface area (TPSA) is 92.5 Å². The lowest BCUT2D eigenvalue weighted by Gasteiger charge is -2.30. The summed E-state index contributed by atoms with van der Waals surface area (Å²) in [7, 11) is -4.51. The highest BCUT2D eigenvalue weighted by molar-refractivity contribution is 7.89. The van der Waals surface area contributed by atoms with Crippen molar-refractivity contribution < 1.29 is 22.0 Å². The Bertz CT molecular complexity index is 702. The zero-order valence-corrected chi connectivity index (χ0v) is 14.2. The normalized spacial score (nSPS) is 17.2. The molecule has 1 fully saturated rings. The molecule has 0 unspecified atom stereocenters. The van der Waals surface area contributed by atoms with Crippen LogP contribution in [0, 0.1) is 12.8 Å². The number of carbonyl (C=O) groups is 1. The molecule has 1 aromatic rings. The molecule has 0 radical (unpaired) electrons. The second-order valence-corrected chi connectivity index (χ2v) is 7.84. The highest BCUT2D eigenvalue weighted by atomic mass is 32.2. The number of aryl methyl sites for hydroxylation is 1. The Hall–Kier alpha value is -1.74. The number of benzene rings is 1. The number of nitrogens with zero attached hydrogens (tertiary/aromatic N) is 1. The van der Waals surface area contributed by atoms with Gasteiger partial charge in [-0.2, -0.15) is 13.1 Å². The molecule has 0 spiro atoms. The Balaban J connectivity index is 1.87. The third-order valence-corrected chi connectivity index (χ3v) is 5.75. The monoisotopic (exact) mass is 361 g/mol. The molecule has 0 saturated carbocycles. The van der Waals surface area contributed by atoms with Gasteiger partial charge in [0.15, 0.2) is 0 Å². The number of hydrogen-bond donors (Lipinski definition) is 2. The van der Waals surface area contributed by atoms with Crippen LogP contribution in [0.15, 0.2) is 18.2 Å². The molecule has 1 aliphatic heterocycles. The van der Waals surface area contributed by atoms with Crippen molar-refractivity contribution in [1.29, 1.82) is 0 Å². The lowest BCUT2D eigenvalue weighted by Crippen LogP contribution is -2.43. The Morgan fingerprint density at radius 3 is 2.58 bits per heavy atom. The maximum Gasteiger partial charge on any atom is 0.350 e. The summed E-state index contributed by atoms with van der Waals surface area (Å²) < 4.78 is 48.7. The molecule has 0 bridgehead atoms. The molecule has 0 aliphatic carbocycles. The fourth-order valence-corrected chi connectivity index (χ4v) is 3.64. The van der Waals surface area contributed by atoms with E-state index in [0.717, 1.165) is 9.87 Å². The highest BCUT2D eigenvalue weighted by Gasteiger charge is 2.34. The van der Waals surface area contributed by atoms with Crippen molar-refractivity contribution in [2.75, 3.05) is 25.4 Å². The van der Waals surface area contributed by atoms with Crippen LogP contribution in [0.1, 0.15) is 28.8 Å². The molecular weight excluding hydrogens is 340 g/mol. The van der Waals surface area contributed by atoms with Gasteiger partial charge in [0.2, 0.25) is 0 Å². The standard InChI is InChI=1S/C15H21F2N3O3S/c1-10-2-3-12(18)8-13(10)14(21)19-9-11-4-6-20(7-5-11)24(22,23)15(16)17/h2-3,8,11,15H,4-7,9,18H2,1H3,(H,19,21). The van der Waals surface area contributed by atoms with E-state index in [1.165, 1.54) is 0 Å². The van der Waals surface area contributed by atoms with Gasteiger partial charge in [-0.05, 0) is 43.4 Å². The van der Waals surface area contributed by atoms with E-state index in [4.69, 9.17) is 5.73 Å². The molecule has 134 valence electrons. The Kier molecular flexibility index (Phi) is 5.76. The lowest BCUT2D eigenvalue weighted by atomic mass is 9.98. The summed E-state index contributed by atoms with van der Waals surface area (Å²) in [6, 6.07) is 5.08. The number of rotatable bonds is 5. The third-order valence-electron chi connectivity index (χ3n) is 4.22. The van der Waals surface area contributed by atoms with Gasteiger partial charge in [0.05, 0.1) is 0 Å². The summed E-state index contributed by atoms with van der Waals surface area (Å²) in [6.07, 6.45) is 0.865. The molecule has 1 heterocycles. The van der Waals surface area contributed by atoms with Crippen molar-refractivity contribution in [2.45, 2.75) is 25.5 Å². The van der Waals surface area contributed by atoms with E-state index in [1.54, 1.807) is 18.2 Å². The van der Waals surface area contributed by atoms with Crippen LogP contribution < -0.4 is 11.1 Å². The first-order chi connectivity index (χ1) is 11.2. The van der Waals surface area contributed by atoms with Crippen molar-refractivity contribution >= 4 is 21.6 Å². The van der Waals surface area contributed by atoms with Crippen LogP contribution in [-0.2, 0) is 10.0 Å². The zero-order valence-electron chi connectivity index (χ0n) is 13.3. The minimum Gasteiger partial charge on any atom is -0.399 e. The number of alkyl halides is 2. The van der Waals surface area contributed by atoms with Gasteiger partial charge < -0.3 is 11.1 Å². The number of sulfonamides is 1. The van der Waals surface area contributed by atoms with Crippen LogP contribution in [0.25, 0.3) is 0 Å². The minimum absolute atomic E-state index is 0.0462. The summed E-state index contributed by atoms with van der Waals surface area (Å²) in [6.45, 7) is 2.27. The smallest absolute Gasteiger partial charge is 0.350 e. The van der Waals surface area contributed by atoms with Gasteiger partial charge in [-0.3, -0.25) is 4.79 Å². The van der Waals surface area contributed by atoms with Gasteiger partial charge in [-0.1, -0.05) is 6.07 Å². The summed E-state index contributed by atoms with van der Waals surface area (Å²) in [5.74, 6) is -3.58. The number of nitrogens with two attached hydrogens (primary N) is 1. The first-order valence-electron chi connectivity index (χ1n) is 7.63. The number of amides is 1. The predicted octanol–water partition coefficient (Wildman–Crippen LogP) is 1.57. The van der Waals surface area contributed by atoms with Crippen molar-refractivity contribution in [2.24, 2.45) is 5.92 Å². The van der Waals surface area contributed by atoms with Crippen LogP contribution >= 0.6 is 0 Å². The number of carbonyl (C=O) groups excluding carboxylic acids is 1. The number of hydrogen-bond acceptors (Lipinski definition) is 4. The molecule has 0 aromatic heterocycles. The SMILES string of the molecule is Cc1ccc(N)cc1C(=O)NCC1CCN(S(=O)(=O)C(F)F)CC1. The second-order valence-electron chi connectivity index (χ2n) is 5.93. The summed E-state index contributed by atoms with van der Waals surface area (Å²) in [5, 5.41) is 2.80. The quantitative estimate of drug-likeness (QED) is 0.779. The number of anilines is 1. The van der Waals surface area contributed by atoms with Gasteiger partial charge in [-0.25, -0.2) is 8.42 Å². The fourth-order valence-electron chi connectivity index (χ4n) is 2.70. The molecule has 24 heavy (non-hydrogen) atoms. The van der Waals surface area contributed by atoms with Crippen LogP contribution in [0.4, 0.5) is 14.5 Å². The molecule has 6 nitrogen and oxygen atoms in total. The van der Waals surface area contributed by atoms with Crippen molar-refractivity contribution in [3.63, 3.8) is 0 Å². The van der Waals surface area contributed by atoms with Crippen LogP contribution in [-0.4, -0.2) is 44.0 Å². The van der Waals surface area contributed by atoms with Gasteiger partial charge in [0.25, 0.3) is 15.9 Å². The molecule has 2 rings (SSSR count). The number of halogens is 2. The van der Waals surface area contributed by atoms with Crippen molar-refractivity contribution in [3.05, 3.63) is 29.3 Å². The molecule has 1 aliphatic rings. The minimum atomic E-state index is -4.51. The van der Waals surface area contributed by atoms with Crippen LogP contribution in [0.3, 0.4) is 0 Å². The maximum absolute atomic E-state index is 12.5. The highest BCUT2D eigenvalue weighted by Crippen LogP contribution is 2.22. The first-order valence-corrected chi connectivity index (χ1v) is 9.13. The molecule has 1 amide bonds. The molecular formula is C15H21F2N3O3S. The Labute approximate surface area is 140 Å². The fraction of sp³-hybridized carbons (Fsp3) is 0.533. The molecule has 1 saturated heterocycles. The Morgan fingerprint density at radius 2 is 2.00 bits per heavy atom. The number of piperidine rings is 1. The molecule has 1 aromatic carbocycles. The van der Waals surface area contributed by atoms with Crippen molar-refractivity contribution in [1.82, 2.24) is 9.62 Å². The van der Waals surface area contributed by atoms with E-state index in [2.05, 4.69) is 5.32 Å². The molecule has 0 atom stereocenters. The van der Waals surface area contributed by atoms with Crippen LogP contribution in [0.2, 0.25) is 0 Å². The number of nitrogen functional groups attached to an aromatic ring is 1. The maximum atomic E-state index is 12.5. The summed E-state index contributed by atoms with van der Waals surface area (Å²) in [4.78, 5) is 12.2. The van der Waals surface area contributed by atoms with E-state index in [0.29, 0.717) is 30.6 Å². The van der Waals surface area contributed by atoms with Crippen molar-refractivity contribution in [3.8, 4) is 0 Å². The molecule has 9 heteroatoms. The van der Waals surface area contributed by atoms with E-state index in [1.807, 2.05) is 6.92 Å². The predicted molar refractivity (Wildman–Crippen MR) is 87.1 cm³/mol. The van der Waals surface area contributed by atoms with E-state index < -0.39 is 15.8 Å². The molecule has 3 N–H and O–H groups in total. The summed E-state index contributed by atoms with van der Waals surface area (Å²) >= 11 is 0. The van der Waals surface area contributed by atoms with E-state index in [9.17, 15) is 22.0 Å². The van der Waals surface area contributed by atoms with Crippen LogP contribution in [0.5, 0.6) is 0 Å². The zero-order chi connectivity index (χ0) is 17.9. The van der Waals surface area contributed by atoms with Gasteiger partial charge in [-0.15, -0.1) is 0 Å². The average Bonchev–Trinajstić information content (AvgIpc) is 2.55. The summed E-state index contributed by atoms with van der Waals surface area (Å²) in [5.41, 5.74) is 7.48. The van der Waals surface area contributed by atoms with Gasteiger partial charge in [0, 0.05) is 30.9 Å². The largest absolute Gasteiger partial charge is 0.399 e. The van der Waals surface area contributed by atoms with Gasteiger partial charge >= 0.3 is 5.76 Å². The van der Waals surface area contributed by atoms with Gasteiger partial charge in [0.1, 0.15) is 0 Å². The first kappa shape index (κ1) is 18.6. The van der Waals surface area contributed by atoms with E-state index >= 15 is 0 Å². The second kappa shape index (κ2) is 7.43. The third kappa shape index (κ3) is 4.21.